The van der Waals surface area contributed by atoms with E-state index >= 15 is 0 Å². The zero-order chi connectivity index (χ0) is 69.1. The Kier molecular flexibility index (Phi) is 26.9. The lowest BCUT2D eigenvalue weighted by Crippen LogP contribution is -2.51. The summed E-state index contributed by atoms with van der Waals surface area (Å²) in [5, 5.41) is 19.4. The van der Waals surface area contributed by atoms with Crippen LogP contribution in [0.3, 0.4) is 0 Å². The van der Waals surface area contributed by atoms with E-state index in [1.165, 1.54) is 27.2 Å². The number of nitrogens with one attached hydrogen (secondary N) is 3. The van der Waals surface area contributed by atoms with Crippen LogP contribution in [-0.4, -0.2) is 137 Å². The predicted octanol–water partition coefficient (Wildman–Crippen LogP) is 13.7. The number of hydrogen-bond donors (Lipinski definition) is 5. The Morgan fingerprint density at radius 3 is 1.14 bits per heavy atom. The lowest BCUT2D eigenvalue weighted by atomic mass is 9.85. The fourth-order valence-corrected chi connectivity index (χ4v) is 12.5. The second kappa shape index (κ2) is 34.9. The maximum Gasteiger partial charge on any atom is 0.410 e. The number of benzene rings is 6. The van der Waals surface area contributed by atoms with E-state index in [1.54, 1.807) is 25.7 Å². The van der Waals surface area contributed by atoms with Gasteiger partial charge in [-0.15, -0.1) is 23.2 Å². The van der Waals surface area contributed by atoms with Crippen LogP contribution in [0.1, 0.15) is 131 Å². The van der Waals surface area contributed by atoms with Gasteiger partial charge in [0.2, 0.25) is 11.8 Å². The molecular weight excluding hydrogens is 1260 g/mol. The molecule has 6 aliphatic rings. The number of halogens is 2. The van der Waals surface area contributed by atoms with Crippen LogP contribution in [0.25, 0.3) is 0 Å². The Labute approximate surface area is 577 Å². The van der Waals surface area contributed by atoms with Gasteiger partial charge in [-0.3, -0.25) is 14.4 Å². The number of carboxylic acid groups (broad SMARTS) is 1. The molecule has 4 amide bonds. The van der Waals surface area contributed by atoms with Gasteiger partial charge in [0.05, 0.1) is 23.1 Å². The zero-order valence-corrected chi connectivity index (χ0v) is 58.5. The number of hydrogen-bond acceptors (Lipinski definition) is 12. The molecule has 0 aromatic heterocycles. The molecule has 3 aliphatic carbocycles. The average Bonchev–Trinajstić information content (AvgIpc) is 1.65. The highest BCUT2D eigenvalue weighted by Crippen LogP contribution is 2.37. The minimum atomic E-state index is -0.880. The molecule has 6 aromatic rings. The molecule has 19 heteroatoms. The molecule has 3 heterocycles. The topological polar surface area (TPSA) is 220 Å². The molecule has 0 bridgehead atoms. The van der Waals surface area contributed by atoms with Crippen LogP contribution in [0.15, 0.2) is 164 Å². The van der Waals surface area contributed by atoms with E-state index in [2.05, 4.69) is 66.2 Å². The highest BCUT2D eigenvalue weighted by Gasteiger charge is 2.45. The monoisotopic (exact) mass is 1350 g/mol. The smallest absolute Gasteiger partial charge is 0.410 e. The van der Waals surface area contributed by atoms with E-state index in [0.717, 1.165) is 80.0 Å². The summed E-state index contributed by atoms with van der Waals surface area (Å²) < 4.78 is 28.6. The minimum Gasteiger partial charge on any atom is -0.490 e. The SMILES string of the molecule is CC(C)(C)OC(=O)N1C[C@@H](C(=O)O)[C@H](c2ccccc2)C1.Cc1ccc(OC2CC(N)C2)cc1.Cc1ccc(OC2CC(NC(=O)[C@@H]3CN(C(=O)OC(C)(C)C)C[C@H]3c3ccccc3)C2)cc1.Cc1ccc(OC2CC(NC(=O)[C@@H]3CNC[C@H]3c3ccccc3)C2)cc1.ClCCl. The van der Waals surface area contributed by atoms with Crippen molar-refractivity contribution < 1.29 is 52.8 Å². The van der Waals surface area contributed by atoms with E-state index in [1.807, 2.05) is 155 Å². The Balaban J connectivity index is 0.000000168. The van der Waals surface area contributed by atoms with Crippen LogP contribution in [-0.2, 0) is 23.9 Å². The summed E-state index contributed by atoms with van der Waals surface area (Å²) in [4.78, 5) is 65.4. The standard InChI is InChI=1S/C27H34N2O4.C22H26N2O2.C16H21NO4.C11H15NO.CH2Cl2/c1-18-10-12-21(13-11-18)32-22-14-20(15-22)28-25(30)24-17-29(26(31)33-27(2,3)4)16-23(24)19-8-6-5-7-9-19;1-15-7-9-18(10-8-15)26-19-11-17(12-19)24-22(25)21-14-23-13-20(21)16-5-3-2-4-6-16;1-16(2,3)21-15(20)17-9-12(13(10-17)14(18)19)11-7-5-4-6-8-11;1-8-2-4-10(5-3-8)13-11-6-9(12)7-11;2-1-3/h5-13,20,22-24H,14-17H2,1-4H3,(H,28,30);2-10,17,19-21,23H,11-14H2,1H3,(H,24,25);4-8,12-13H,9-10H2,1-3H3,(H,18,19);2-5,9,11H,6-7,12H2,1H3;1H2/t20?,22?,23-,24+;17?,19?,20-,21+;12-,13+;;/m000../s1. The lowest BCUT2D eigenvalue weighted by molar-refractivity contribution is -0.141. The molecule has 6 N–H and O–H groups in total. The maximum absolute atomic E-state index is 13.3. The number of carbonyl (C=O) groups excluding carboxylic acids is 4. The summed E-state index contributed by atoms with van der Waals surface area (Å²) in [6.45, 7) is 20.1. The number of amides is 4. The van der Waals surface area contributed by atoms with Gasteiger partial charge in [-0.05, 0) is 128 Å². The molecule has 6 aromatic carbocycles. The Hall–Kier alpha value is -7.83. The number of ether oxygens (including phenoxy) is 5. The Morgan fingerprint density at radius 2 is 0.792 bits per heavy atom. The normalized spacial score (nSPS) is 24.6. The summed E-state index contributed by atoms with van der Waals surface area (Å²) >= 11 is 9.53. The quantitative estimate of drug-likeness (QED) is 0.0642. The summed E-state index contributed by atoms with van der Waals surface area (Å²) in [6, 6.07) is 54.8. The van der Waals surface area contributed by atoms with Gasteiger partial charge in [0.25, 0.3) is 0 Å². The van der Waals surface area contributed by atoms with Crippen molar-refractivity contribution in [3.8, 4) is 17.2 Å². The maximum atomic E-state index is 13.3. The third-order valence-corrected chi connectivity index (χ3v) is 17.8. The number of likely N-dealkylation sites (tertiary alicyclic amines) is 2. The predicted molar refractivity (Wildman–Crippen MR) is 377 cm³/mol. The van der Waals surface area contributed by atoms with Crippen LogP contribution in [0.5, 0.6) is 17.2 Å². The summed E-state index contributed by atoms with van der Waals surface area (Å²) in [5.41, 5.74) is 11.5. The van der Waals surface area contributed by atoms with Gasteiger partial charge in [-0.25, -0.2) is 9.59 Å². The van der Waals surface area contributed by atoms with Gasteiger partial charge in [0.15, 0.2) is 0 Å². The third-order valence-electron chi connectivity index (χ3n) is 17.8. The van der Waals surface area contributed by atoms with Crippen molar-refractivity contribution in [3.63, 3.8) is 0 Å². The third kappa shape index (κ3) is 22.6. The molecule has 516 valence electrons. The van der Waals surface area contributed by atoms with Gasteiger partial charge in [0.1, 0.15) is 46.8 Å². The molecule has 3 saturated carbocycles. The van der Waals surface area contributed by atoms with E-state index in [4.69, 9.17) is 52.6 Å². The molecule has 12 rings (SSSR count). The number of carboxylic acids is 1. The van der Waals surface area contributed by atoms with E-state index in [0.29, 0.717) is 31.8 Å². The van der Waals surface area contributed by atoms with E-state index in [9.17, 15) is 29.1 Å². The molecule has 6 atom stereocenters. The number of aryl methyl sites for hydroxylation is 3. The van der Waals surface area contributed by atoms with Crippen molar-refractivity contribution in [3.05, 3.63) is 197 Å². The minimum absolute atomic E-state index is 0.00584. The van der Waals surface area contributed by atoms with Gasteiger partial charge in [-0.2, -0.15) is 0 Å². The highest BCUT2D eigenvalue weighted by molar-refractivity contribution is 6.40. The number of nitrogens with zero attached hydrogens (tertiary/aromatic N) is 2. The molecule has 6 fully saturated rings. The molecule has 17 nitrogen and oxygen atoms in total. The lowest BCUT2D eigenvalue weighted by Gasteiger charge is -2.36. The van der Waals surface area contributed by atoms with Crippen molar-refractivity contribution in [2.24, 2.45) is 23.5 Å². The Morgan fingerprint density at radius 1 is 0.469 bits per heavy atom. The number of alkyl halides is 2. The molecule has 0 radical (unpaired) electrons. The van der Waals surface area contributed by atoms with E-state index < -0.39 is 29.2 Å². The van der Waals surface area contributed by atoms with Crippen LogP contribution in [0, 0.1) is 38.5 Å². The van der Waals surface area contributed by atoms with Crippen LogP contribution >= 0.6 is 23.2 Å². The van der Waals surface area contributed by atoms with Crippen LogP contribution in [0.4, 0.5) is 9.59 Å². The molecule has 0 spiro atoms. The number of carbonyl (C=O) groups is 5. The molecule has 0 unspecified atom stereocenters. The van der Waals surface area contributed by atoms with Crippen LogP contribution < -0.4 is 35.9 Å². The first-order chi connectivity index (χ1) is 45.8. The van der Waals surface area contributed by atoms with Gasteiger partial charge in [-0.1, -0.05) is 144 Å². The first-order valence-corrected chi connectivity index (χ1v) is 34.6. The average molecular weight is 1350 g/mol. The summed E-state index contributed by atoms with van der Waals surface area (Å²) in [5.74, 6) is 1.13. The van der Waals surface area contributed by atoms with Gasteiger partial charge >= 0.3 is 18.2 Å². The van der Waals surface area contributed by atoms with Crippen molar-refractivity contribution in [1.82, 2.24) is 25.8 Å². The second-order valence-corrected chi connectivity index (χ2v) is 28.8. The van der Waals surface area contributed by atoms with Gasteiger partial charge in [0, 0.05) is 101 Å². The molecule has 3 aliphatic heterocycles. The Bertz CT molecular complexity index is 3400. The first-order valence-electron chi connectivity index (χ1n) is 33.5. The number of aliphatic carboxylic acids is 1. The number of rotatable bonds is 14. The zero-order valence-electron chi connectivity index (χ0n) is 57.0. The molecule has 3 saturated heterocycles. The van der Waals surface area contributed by atoms with Gasteiger partial charge < -0.3 is 60.3 Å². The molecular formula is C77H98Cl2N6O11. The summed E-state index contributed by atoms with van der Waals surface area (Å²) in [7, 11) is 0. The van der Waals surface area contributed by atoms with Crippen molar-refractivity contribution >= 4 is 53.2 Å². The van der Waals surface area contributed by atoms with Crippen molar-refractivity contribution in [2.75, 3.05) is 44.6 Å². The van der Waals surface area contributed by atoms with Crippen LogP contribution in [0.2, 0.25) is 0 Å². The van der Waals surface area contributed by atoms with Crippen molar-refractivity contribution in [1.29, 1.82) is 0 Å². The van der Waals surface area contributed by atoms with Crippen molar-refractivity contribution in [2.45, 2.75) is 166 Å². The fourth-order valence-electron chi connectivity index (χ4n) is 12.5. The number of nitrogens with two attached hydrogens (primary N) is 1. The second-order valence-electron chi connectivity index (χ2n) is 28.0. The molecule has 96 heavy (non-hydrogen) atoms. The fraction of sp³-hybridized carbons (Fsp3) is 0.468. The summed E-state index contributed by atoms with van der Waals surface area (Å²) in [6.07, 6.45) is 5.18. The highest BCUT2D eigenvalue weighted by atomic mass is 35.5. The first kappa shape index (κ1) is 74.0. The largest absolute Gasteiger partial charge is 0.490 e. The van der Waals surface area contributed by atoms with E-state index in [-0.39, 0.29) is 83.7 Å².